The molecule has 6 nitrogen and oxygen atoms in total. The number of rotatable bonds is 7. The summed E-state index contributed by atoms with van der Waals surface area (Å²) in [6.07, 6.45) is 4.80. The van der Waals surface area contributed by atoms with Crippen LogP contribution < -0.4 is 20.1 Å². The first-order valence-corrected chi connectivity index (χ1v) is 10.4. The van der Waals surface area contributed by atoms with Gasteiger partial charge in [-0.1, -0.05) is 31.4 Å². The quantitative estimate of drug-likeness (QED) is 0.718. The van der Waals surface area contributed by atoms with Crippen LogP contribution in [0.3, 0.4) is 0 Å². The van der Waals surface area contributed by atoms with E-state index in [1.165, 1.54) is 6.92 Å². The largest absolute Gasteiger partial charge is 0.497 e. The van der Waals surface area contributed by atoms with E-state index in [0.717, 1.165) is 54.7 Å². The first-order valence-electron chi connectivity index (χ1n) is 10.4. The Bertz CT molecular complexity index is 887. The van der Waals surface area contributed by atoms with Gasteiger partial charge in [0.05, 0.1) is 19.6 Å². The van der Waals surface area contributed by atoms with Crippen molar-refractivity contribution < 1.29 is 19.1 Å². The minimum Gasteiger partial charge on any atom is -0.497 e. The predicted octanol–water partition coefficient (Wildman–Crippen LogP) is 4.18. The van der Waals surface area contributed by atoms with E-state index in [2.05, 4.69) is 10.6 Å². The molecule has 2 amide bonds. The molecular formula is C24H30N2O4. The van der Waals surface area contributed by atoms with Crippen LogP contribution in [0.5, 0.6) is 11.5 Å². The molecule has 0 unspecified atom stereocenters. The number of nitrogens with one attached hydrogen (secondary N) is 2. The molecule has 6 heteroatoms. The minimum absolute atomic E-state index is 0.0272. The van der Waals surface area contributed by atoms with Gasteiger partial charge in [0.25, 0.3) is 0 Å². The Labute approximate surface area is 178 Å². The zero-order valence-electron chi connectivity index (χ0n) is 17.9. The summed E-state index contributed by atoms with van der Waals surface area (Å²) in [5.41, 5.74) is 2.04. The summed E-state index contributed by atoms with van der Waals surface area (Å²) in [5, 5.41) is 5.92. The molecule has 3 rings (SSSR count). The van der Waals surface area contributed by atoms with Crippen molar-refractivity contribution >= 4 is 17.5 Å². The fourth-order valence-electron chi connectivity index (χ4n) is 4.24. The summed E-state index contributed by atoms with van der Waals surface area (Å²) >= 11 is 0. The van der Waals surface area contributed by atoms with Crippen molar-refractivity contribution in [2.75, 3.05) is 19.5 Å². The third-order valence-electron chi connectivity index (χ3n) is 5.83. The van der Waals surface area contributed by atoms with Gasteiger partial charge in [0.2, 0.25) is 11.8 Å². The third-order valence-corrected chi connectivity index (χ3v) is 5.83. The molecule has 2 N–H and O–H groups in total. The lowest BCUT2D eigenvalue weighted by atomic mass is 9.68. The average Bonchev–Trinajstić information content (AvgIpc) is 2.77. The molecule has 1 saturated carbocycles. The fraction of sp³-hybridized carbons (Fsp3) is 0.417. The molecule has 0 spiro atoms. The Morgan fingerprint density at radius 1 is 0.967 bits per heavy atom. The van der Waals surface area contributed by atoms with Gasteiger partial charge in [-0.3, -0.25) is 9.59 Å². The SMILES string of the molecule is COc1ccc(OC)c(CNC(=O)C2(c3ccc(NC(C)=O)cc3)CCCCC2)c1. The van der Waals surface area contributed by atoms with Crippen LogP contribution in [0, 0.1) is 0 Å². The van der Waals surface area contributed by atoms with Crippen molar-refractivity contribution in [3.63, 3.8) is 0 Å². The maximum Gasteiger partial charge on any atom is 0.230 e. The topological polar surface area (TPSA) is 76.7 Å². The molecule has 1 aliphatic carbocycles. The Kier molecular flexibility index (Phi) is 6.98. The Morgan fingerprint density at radius 3 is 2.27 bits per heavy atom. The number of amides is 2. The smallest absolute Gasteiger partial charge is 0.230 e. The maximum atomic E-state index is 13.5. The standard InChI is InChI=1S/C24H30N2O4/c1-17(27)26-20-9-7-19(8-10-20)24(13-5-4-6-14-24)23(28)25-16-18-15-21(29-2)11-12-22(18)30-3/h7-12,15H,4-6,13-14,16H2,1-3H3,(H,25,28)(H,26,27). The van der Waals surface area contributed by atoms with Crippen molar-refractivity contribution in [2.24, 2.45) is 0 Å². The van der Waals surface area contributed by atoms with E-state index < -0.39 is 5.41 Å². The van der Waals surface area contributed by atoms with Crippen LogP contribution in [0.25, 0.3) is 0 Å². The van der Waals surface area contributed by atoms with Gasteiger partial charge in [-0.25, -0.2) is 0 Å². The Balaban J connectivity index is 1.82. The van der Waals surface area contributed by atoms with Gasteiger partial charge < -0.3 is 20.1 Å². The van der Waals surface area contributed by atoms with E-state index in [1.54, 1.807) is 14.2 Å². The third kappa shape index (κ3) is 4.75. The van der Waals surface area contributed by atoms with Crippen molar-refractivity contribution in [1.29, 1.82) is 0 Å². The van der Waals surface area contributed by atoms with Crippen LogP contribution in [-0.4, -0.2) is 26.0 Å². The first-order chi connectivity index (χ1) is 14.5. The summed E-state index contributed by atoms with van der Waals surface area (Å²) in [7, 11) is 3.23. The van der Waals surface area contributed by atoms with Gasteiger partial charge in [0.1, 0.15) is 11.5 Å². The van der Waals surface area contributed by atoms with Crippen LogP contribution in [-0.2, 0) is 21.5 Å². The predicted molar refractivity (Wildman–Crippen MR) is 117 cm³/mol. The summed E-state index contributed by atoms with van der Waals surface area (Å²) in [6.45, 7) is 1.85. The highest BCUT2D eigenvalue weighted by Gasteiger charge is 2.41. The van der Waals surface area contributed by atoms with E-state index >= 15 is 0 Å². The van der Waals surface area contributed by atoms with Crippen molar-refractivity contribution in [3.8, 4) is 11.5 Å². The molecular weight excluding hydrogens is 380 g/mol. The summed E-state index contributed by atoms with van der Waals surface area (Å²) in [4.78, 5) is 24.8. The van der Waals surface area contributed by atoms with Gasteiger partial charge in [-0.2, -0.15) is 0 Å². The number of carbonyl (C=O) groups excluding carboxylic acids is 2. The molecule has 0 saturated heterocycles. The number of anilines is 1. The lowest BCUT2D eigenvalue weighted by molar-refractivity contribution is -0.128. The second-order valence-corrected chi connectivity index (χ2v) is 7.76. The van der Waals surface area contributed by atoms with Gasteiger partial charge in [0.15, 0.2) is 0 Å². The molecule has 160 valence electrons. The Morgan fingerprint density at radius 2 is 1.67 bits per heavy atom. The van der Waals surface area contributed by atoms with Crippen molar-refractivity contribution in [3.05, 3.63) is 53.6 Å². The van der Waals surface area contributed by atoms with Crippen molar-refractivity contribution in [2.45, 2.75) is 51.0 Å². The number of hydrogen-bond donors (Lipinski definition) is 2. The van der Waals surface area contributed by atoms with Gasteiger partial charge in [-0.05, 0) is 48.7 Å². The second-order valence-electron chi connectivity index (χ2n) is 7.76. The highest BCUT2D eigenvalue weighted by Crippen LogP contribution is 2.40. The Hall–Kier alpha value is -3.02. The molecule has 0 atom stereocenters. The van der Waals surface area contributed by atoms with E-state index in [1.807, 2.05) is 42.5 Å². The van der Waals surface area contributed by atoms with E-state index in [4.69, 9.17) is 9.47 Å². The molecule has 2 aromatic rings. The average molecular weight is 411 g/mol. The monoisotopic (exact) mass is 410 g/mol. The molecule has 0 radical (unpaired) electrons. The van der Waals surface area contributed by atoms with Gasteiger partial charge in [0, 0.05) is 24.7 Å². The van der Waals surface area contributed by atoms with Gasteiger partial charge in [-0.15, -0.1) is 0 Å². The summed E-state index contributed by atoms with van der Waals surface area (Å²) in [6, 6.07) is 13.2. The minimum atomic E-state index is -0.556. The molecule has 0 aliphatic heterocycles. The zero-order chi connectivity index (χ0) is 21.6. The maximum absolute atomic E-state index is 13.5. The number of benzene rings is 2. The van der Waals surface area contributed by atoms with Crippen LogP contribution in [0.4, 0.5) is 5.69 Å². The van der Waals surface area contributed by atoms with Crippen LogP contribution in [0.2, 0.25) is 0 Å². The van der Waals surface area contributed by atoms with E-state index in [9.17, 15) is 9.59 Å². The zero-order valence-corrected chi connectivity index (χ0v) is 17.9. The summed E-state index contributed by atoms with van der Waals surface area (Å²) < 4.78 is 10.7. The second kappa shape index (κ2) is 9.65. The molecule has 1 aliphatic rings. The van der Waals surface area contributed by atoms with Crippen LogP contribution >= 0.6 is 0 Å². The first kappa shape index (κ1) is 21.7. The highest BCUT2D eigenvalue weighted by atomic mass is 16.5. The fourth-order valence-corrected chi connectivity index (χ4v) is 4.24. The highest BCUT2D eigenvalue weighted by molar-refractivity contribution is 5.90. The van der Waals surface area contributed by atoms with Gasteiger partial charge >= 0.3 is 0 Å². The van der Waals surface area contributed by atoms with Crippen molar-refractivity contribution in [1.82, 2.24) is 5.32 Å². The lowest BCUT2D eigenvalue weighted by Crippen LogP contribution is -2.45. The molecule has 1 fully saturated rings. The number of methoxy groups -OCH3 is 2. The number of carbonyl (C=O) groups is 2. The molecule has 2 aromatic carbocycles. The van der Waals surface area contributed by atoms with E-state index in [-0.39, 0.29) is 11.8 Å². The number of ether oxygens (including phenoxy) is 2. The lowest BCUT2D eigenvalue weighted by Gasteiger charge is -2.36. The van der Waals surface area contributed by atoms with E-state index in [0.29, 0.717) is 12.3 Å². The van der Waals surface area contributed by atoms with Crippen LogP contribution in [0.15, 0.2) is 42.5 Å². The molecule has 0 heterocycles. The molecule has 0 aromatic heterocycles. The normalized spacial score (nSPS) is 15.2. The van der Waals surface area contributed by atoms with Crippen LogP contribution in [0.1, 0.15) is 50.2 Å². The molecule has 0 bridgehead atoms. The number of hydrogen-bond acceptors (Lipinski definition) is 4. The molecule has 30 heavy (non-hydrogen) atoms. The summed E-state index contributed by atoms with van der Waals surface area (Å²) in [5.74, 6) is 1.36.